The number of halogens is 2. The van der Waals surface area contributed by atoms with Crippen LogP contribution in [0, 0.1) is 0 Å². The van der Waals surface area contributed by atoms with Crippen molar-refractivity contribution in [1.82, 2.24) is 4.98 Å². The monoisotopic (exact) mass is 326 g/mol. The highest BCUT2D eigenvalue weighted by molar-refractivity contribution is 6.41. The third kappa shape index (κ3) is 4.00. The van der Waals surface area contributed by atoms with E-state index >= 15 is 0 Å². The zero-order valence-corrected chi connectivity index (χ0v) is 12.3. The molecule has 0 saturated heterocycles. The second-order valence-electron chi connectivity index (χ2n) is 4.35. The zero-order chi connectivity index (χ0) is 15.4. The van der Waals surface area contributed by atoms with Crippen molar-refractivity contribution in [2.75, 3.05) is 5.32 Å². The number of aromatic amines is 1. The molecule has 0 bridgehead atoms. The van der Waals surface area contributed by atoms with Gasteiger partial charge in [0.1, 0.15) is 10.8 Å². The lowest BCUT2D eigenvalue weighted by Gasteiger charge is -2.09. The molecule has 110 valence electrons. The van der Waals surface area contributed by atoms with Crippen LogP contribution in [0.5, 0.6) is 0 Å². The molecule has 0 atom stereocenters. The summed E-state index contributed by atoms with van der Waals surface area (Å²) < 4.78 is 0. The second kappa shape index (κ2) is 6.65. The molecule has 0 saturated carbocycles. The largest absolute Gasteiger partial charge is 0.481 e. The van der Waals surface area contributed by atoms with E-state index in [2.05, 4.69) is 10.3 Å². The van der Waals surface area contributed by atoms with Crippen LogP contribution in [0.2, 0.25) is 10.2 Å². The number of aryl methyl sites for hydroxylation is 1. The van der Waals surface area contributed by atoms with Crippen LogP contribution in [0.15, 0.2) is 30.3 Å². The van der Waals surface area contributed by atoms with E-state index in [0.717, 1.165) is 5.56 Å². The van der Waals surface area contributed by atoms with Gasteiger partial charge in [0.25, 0.3) is 5.91 Å². The Bertz CT molecular complexity index is 663. The number of benzene rings is 1. The van der Waals surface area contributed by atoms with Crippen molar-refractivity contribution in [1.29, 1.82) is 0 Å². The maximum atomic E-state index is 12.1. The van der Waals surface area contributed by atoms with Gasteiger partial charge in [-0.25, -0.2) is 0 Å². The van der Waals surface area contributed by atoms with E-state index in [-0.39, 0.29) is 22.3 Å². The van der Waals surface area contributed by atoms with Crippen LogP contribution in [-0.4, -0.2) is 22.0 Å². The first-order valence-corrected chi connectivity index (χ1v) is 6.88. The van der Waals surface area contributed by atoms with Crippen LogP contribution in [0.4, 0.5) is 5.69 Å². The van der Waals surface area contributed by atoms with Crippen LogP contribution in [-0.2, 0) is 11.2 Å². The Hall–Kier alpha value is -1.98. The van der Waals surface area contributed by atoms with Gasteiger partial charge in [-0.05, 0) is 24.1 Å². The first kappa shape index (κ1) is 15.4. The van der Waals surface area contributed by atoms with Gasteiger partial charge in [0, 0.05) is 12.1 Å². The molecule has 0 unspecified atom stereocenters. The van der Waals surface area contributed by atoms with Crippen molar-refractivity contribution < 1.29 is 14.7 Å². The Kier molecular flexibility index (Phi) is 4.88. The van der Waals surface area contributed by atoms with Crippen LogP contribution >= 0.6 is 23.2 Å². The number of anilines is 1. The summed E-state index contributed by atoms with van der Waals surface area (Å²) in [6.45, 7) is 0. The van der Waals surface area contributed by atoms with Crippen molar-refractivity contribution in [3.63, 3.8) is 0 Å². The number of carboxylic acid groups (broad SMARTS) is 1. The molecule has 0 aliphatic rings. The maximum absolute atomic E-state index is 12.1. The molecule has 0 aliphatic heterocycles. The lowest BCUT2D eigenvalue weighted by Crippen LogP contribution is -2.14. The minimum absolute atomic E-state index is 0.00690. The summed E-state index contributed by atoms with van der Waals surface area (Å²) in [6.07, 6.45) is 0.324. The number of hydrogen-bond donors (Lipinski definition) is 3. The molecule has 0 aliphatic carbocycles. The Morgan fingerprint density at radius 3 is 2.57 bits per heavy atom. The summed E-state index contributed by atoms with van der Waals surface area (Å²) in [5.41, 5.74) is 1.54. The number of rotatable bonds is 5. The Balaban J connectivity index is 2.15. The number of hydrogen-bond acceptors (Lipinski definition) is 2. The predicted octanol–water partition coefficient (Wildman–Crippen LogP) is 3.59. The predicted molar refractivity (Wildman–Crippen MR) is 81.2 cm³/mol. The van der Waals surface area contributed by atoms with E-state index in [1.54, 1.807) is 24.3 Å². The molecule has 3 N–H and O–H groups in total. The third-order valence-corrected chi connectivity index (χ3v) is 3.54. The van der Waals surface area contributed by atoms with Gasteiger partial charge in [-0.2, -0.15) is 0 Å². The summed E-state index contributed by atoms with van der Waals surface area (Å²) in [7, 11) is 0. The number of carboxylic acids is 1. The quantitative estimate of drug-likeness (QED) is 0.785. The highest BCUT2D eigenvalue weighted by atomic mass is 35.5. The molecule has 1 aromatic heterocycles. The molecule has 1 aromatic carbocycles. The molecule has 0 spiro atoms. The maximum Gasteiger partial charge on any atom is 0.303 e. The molecule has 0 fully saturated rings. The fourth-order valence-corrected chi connectivity index (χ4v) is 2.13. The van der Waals surface area contributed by atoms with E-state index in [1.165, 1.54) is 6.07 Å². The lowest BCUT2D eigenvalue weighted by atomic mass is 10.1. The highest BCUT2D eigenvalue weighted by Gasteiger charge is 2.13. The van der Waals surface area contributed by atoms with E-state index in [4.69, 9.17) is 28.3 Å². The number of amides is 1. The van der Waals surface area contributed by atoms with E-state index in [0.29, 0.717) is 12.1 Å². The first-order chi connectivity index (χ1) is 9.97. The zero-order valence-electron chi connectivity index (χ0n) is 10.8. The fourth-order valence-electron chi connectivity index (χ4n) is 1.82. The number of carbonyl (C=O) groups is 2. The lowest BCUT2D eigenvalue weighted by molar-refractivity contribution is -0.136. The minimum atomic E-state index is -0.890. The van der Waals surface area contributed by atoms with Gasteiger partial charge < -0.3 is 15.4 Å². The van der Waals surface area contributed by atoms with Crippen molar-refractivity contribution in [3.05, 3.63) is 51.8 Å². The molecule has 2 rings (SSSR count). The van der Waals surface area contributed by atoms with E-state index in [1.807, 2.05) is 0 Å². The van der Waals surface area contributed by atoms with Crippen molar-refractivity contribution in [3.8, 4) is 0 Å². The van der Waals surface area contributed by atoms with Gasteiger partial charge >= 0.3 is 5.97 Å². The highest BCUT2D eigenvalue weighted by Crippen LogP contribution is 2.23. The molecule has 0 radical (unpaired) electrons. The summed E-state index contributed by atoms with van der Waals surface area (Å²) >= 11 is 11.5. The molecule has 21 heavy (non-hydrogen) atoms. The van der Waals surface area contributed by atoms with E-state index in [9.17, 15) is 9.59 Å². The van der Waals surface area contributed by atoms with E-state index < -0.39 is 11.9 Å². The summed E-state index contributed by atoms with van der Waals surface area (Å²) in [6, 6.07) is 8.46. The molecular weight excluding hydrogens is 315 g/mol. The number of aromatic nitrogens is 1. The topological polar surface area (TPSA) is 82.2 Å². The average molecular weight is 327 g/mol. The molecule has 5 nitrogen and oxygen atoms in total. The average Bonchev–Trinajstić information content (AvgIpc) is 2.78. The number of nitrogens with one attached hydrogen (secondary N) is 2. The number of H-pyrrole nitrogens is 1. The minimum Gasteiger partial charge on any atom is -0.481 e. The molecule has 1 amide bonds. The number of para-hydroxylation sites is 1. The van der Waals surface area contributed by atoms with Crippen LogP contribution in [0.1, 0.15) is 22.5 Å². The SMILES string of the molecule is O=C(O)CCc1ccccc1NC(=O)c1cc(Cl)c(Cl)[nH]1. The molecular formula is C14H12Cl2N2O3. The van der Waals surface area contributed by atoms with Crippen LogP contribution in [0.25, 0.3) is 0 Å². The molecule has 1 heterocycles. The Morgan fingerprint density at radius 2 is 1.95 bits per heavy atom. The second-order valence-corrected chi connectivity index (χ2v) is 5.14. The molecule has 2 aromatic rings. The Morgan fingerprint density at radius 1 is 1.24 bits per heavy atom. The number of aliphatic carboxylic acids is 1. The smallest absolute Gasteiger partial charge is 0.303 e. The van der Waals surface area contributed by atoms with Crippen molar-refractivity contribution >= 4 is 40.8 Å². The number of carbonyl (C=O) groups excluding carboxylic acids is 1. The van der Waals surface area contributed by atoms with Gasteiger partial charge in [0.15, 0.2) is 0 Å². The van der Waals surface area contributed by atoms with Gasteiger partial charge in [-0.15, -0.1) is 0 Å². The normalized spacial score (nSPS) is 10.4. The van der Waals surface area contributed by atoms with Gasteiger partial charge in [0.2, 0.25) is 0 Å². The summed E-state index contributed by atoms with van der Waals surface area (Å²) in [4.78, 5) is 25.4. The molecule has 7 heteroatoms. The van der Waals surface area contributed by atoms with Crippen molar-refractivity contribution in [2.45, 2.75) is 12.8 Å². The van der Waals surface area contributed by atoms with Crippen LogP contribution < -0.4 is 5.32 Å². The Labute approximate surface area is 130 Å². The van der Waals surface area contributed by atoms with Gasteiger partial charge in [-0.3, -0.25) is 9.59 Å². The third-order valence-electron chi connectivity index (χ3n) is 2.84. The summed E-state index contributed by atoms with van der Waals surface area (Å²) in [5, 5.41) is 11.9. The summed E-state index contributed by atoms with van der Waals surface area (Å²) in [5.74, 6) is -1.29. The van der Waals surface area contributed by atoms with Crippen molar-refractivity contribution in [2.24, 2.45) is 0 Å². The van der Waals surface area contributed by atoms with Gasteiger partial charge in [0.05, 0.1) is 5.02 Å². The van der Waals surface area contributed by atoms with Crippen LogP contribution in [0.3, 0.4) is 0 Å². The first-order valence-electron chi connectivity index (χ1n) is 6.12. The fraction of sp³-hybridized carbons (Fsp3) is 0.143. The standard InChI is InChI=1S/C14H12Cl2N2O3/c15-9-7-11(17-13(9)16)14(21)18-10-4-2-1-3-8(10)5-6-12(19)20/h1-4,7,17H,5-6H2,(H,18,21)(H,19,20). The van der Waals surface area contributed by atoms with Gasteiger partial charge in [-0.1, -0.05) is 41.4 Å².